The lowest BCUT2D eigenvalue weighted by Gasteiger charge is -2.09. The van der Waals surface area contributed by atoms with Gasteiger partial charge in [0.2, 0.25) is 0 Å². The molecule has 0 unspecified atom stereocenters. The molecule has 1 aromatic carbocycles. The maximum Gasteiger partial charge on any atom is 0.316 e. The van der Waals surface area contributed by atoms with E-state index in [4.69, 9.17) is 27.9 Å². The normalized spacial score (nSPS) is 10.6. The van der Waals surface area contributed by atoms with Crippen LogP contribution >= 0.6 is 35.0 Å². The molecule has 0 saturated carbocycles. The van der Waals surface area contributed by atoms with Gasteiger partial charge < -0.3 is 4.74 Å². The molecule has 2 rings (SSSR count). The fourth-order valence-corrected chi connectivity index (χ4v) is 3.12. The lowest BCUT2D eigenvalue weighted by Crippen LogP contribution is -2.08. The third-order valence-corrected chi connectivity index (χ3v) is 4.31. The maximum absolute atomic E-state index is 11.5. The van der Waals surface area contributed by atoms with Crippen LogP contribution in [-0.2, 0) is 16.1 Å². The van der Waals surface area contributed by atoms with Gasteiger partial charge in [-0.1, -0.05) is 41.0 Å². The molecule has 0 saturated heterocycles. The van der Waals surface area contributed by atoms with Crippen LogP contribution in [-0.4, -0.2) is 33.1 Å². The second-order valence-electron chi connectivity index (χ2n) is 4.42. The van der Waals surface area contributed by atoms with Gasteiger partial charge in [0, 0.05) is 17.1 Å². The van der Waals surface area contributed by atoms with Gasteiger partial charge in [0.15, 0.2) is 11.0 Å². The second-order valence-corrected chi connectivity index (χ2v) is 6.21. The number of thioether (sulfide) groups is 1. The number of ether oxygens (including phenoxy) is 1. The molecule has 23 heavy (non-hydrogen) atoms. The molecule has 0 aliphatic rings. The fraction of sp³-hybridized carbons (Fsp3) is 0.267. The lowest BCUT2D eigenvalue weighted by atomic mass is 10.2. The van der Waals surface area contributed by atoms with Crippen LogP contribution in [0.5, 0.6) is 0 Å². The molecule has 1 aromatic heterocycles. The molecular formula is C15H15Cl2N3O2S. The lowest BCUT2D eigenvalue weighted by molar-refractivity contribution is -0.139. The second kappa shape index (κ2) is 8.38. The Balaban J connectivity index is 2.30. The predicted molar refractivity (Wildman–Crippen MR) is 93.0 cm³/mol. The van der Waals surface area contributed by atoms with Crippen LogP contribution in [0.2, 0.25) is 10.0 Å². The van der Waals surface area contributed by atoms with E-state index in [-0.39, 0.29) is 11.7 Å². The van der Waals surface area contributed by atoms with Crippen molar-refractivity contribution >= 4 is 40.9 Å². The van der Waals surface area contributed by atoms with Crippen molar-refractivity contribution in [3.63, 3.8) is 0 Å². The zero-order valence-corrected chi connectivity index (χ0v) is 14.8. The summed E-state index contributed by atoms with van der Waals surface area (Å²) in [4.78, 5) is 11.5. The van der Waals surface area contributed by atoms with E-state index in [0.717, 1.165) is 0 Å². The van der Waals surface area contributed by atoms with E-state index in [1.54, 1.807) is 31.2 Å². The molecule has 0 bridgehead atoms. The molecule has 8 heteroatoms. The average Bonchev–Trinajstić information content (AvgIpc) is 2.89. The van der Waals surface area contributed by atoms with Crippen molar-refractivity contribution in [3.8, 4) is 11.4 Å². The number of halogens is 2. The van der Waals surface area contributed by atoms with E-state index in [1.807, 2.05) is 4.57 Å². The van der Waals surface area contributed by atoms with Crippen LogP contribution in [0.1, 0.15) is 6.92 Å². The minimum absolute atomic E-state index is 0.164. The number of nitrogens with zero attached hydrogens (tertiary/aromatic N) is 3. The first kappa shape index (κ1) is 17.8. The van der Waals surface area contributed by atoms with Crippen LogP contribution in [0, 0.1) is 0 Å². The summed E-state index contributed by atoms with van der Waals surface area (Å²) in [6, 6.07) is 5.17. The topological polar surface area (TPSA) is 57.0 Å². The van der Waals surface area contributed by atoms with Gasteiger partial charge in [-0.25, -0.2) is 0 Å². The zero-order valence-electron chi connectivity index (χ0n) is 12.5. The third kappa shape index (κ3) is 4.50. The number of esters is 1. The first-order chi connectivity index (χ1) is 11.1. The number of benzene rings is 1. The Kier molecular flexibility index (Phi) is 6.50. The number of hydrogen-bond acceptors (Lipinski definition) is 5. The molecule has 0 N–H and O–H groups in total. The molecule has 122 valence electrons. The van der Waals surface area contributed by atoms with Crippen LogP contribution in [0.25, 0.3) is 11.4 Å². The number of carbonyl (C=O) groups is 1. The van der Waals surface area contributed by atoms with E-state index in [1.165, 1.54) is 11.8 Å². The highest BCUT2D eigenvalue weighted by molar-refractivity contribution is 7.99. The molecule has 2 aromatic rings. The van der Waals surface area contributed by atoms with Crippen LogP contribution in [0.3, 0.4) is 0 Å². The highest BCUT2D eigenvalue weighted by Crippen LogP contribution is 2.31. The van der Waals surface area contributed by atoms with Gasteiger partial charge in [0.1, 0.15) is 0 Å². The highest BCUT2D eigenvalue weighted by Gasteiger charge is 2.17. The first-order valence-corrected chi connectivity index (χ1v) is 8.59. The summed E-state index contributed by atoms with van der Waals surface area (Å²) in [5.41, 5.74) is 0.716. The summed E-state index contributed by atoms with van der Waals surface area (Å²) < 4.78 is 6.75. The third-order valence-electron chi connectivity index (χ3n) is 2.82. The summed E-state index contributed by atoms with van der Waals surface area (Å²) >= 11 is 13.4. The van der Waals surface area contributed by atoms with E-state index in [9.17, 15) is 4.79 Å². The van der Waals surface area contributed by atoms with Crippen molar-refractivity contribution < 1.29 is 9.53 Å². The molecule has 5 nitrogen and oxygen atoms in total. The molecule has 0 aliphatic carbocycles. The number of hydrogen-bond donors (Lipinski definition) is 0. The fourth-order valence-electron chi connectivity index (χ4n) is 1.89. The Morgan fingerprint density at radius 1 is 1.43 bits per heavy atom. The molecule has 0 atom stereocenters. The van der Waals surface area contributed by atoms with Crippen molar-refractivity contribution in [1.29, 1.82) is 0 Å². The summed E-state index contributed by atoms with van der Waals surface area (Å²) in [6.45, 7) is 6.35. The van der Waals surface area contributed by atoms with E-state index < -0.39 is 0 Å². The quantitative estimate of drug-likeness (QED) is 0.416. The summed E-state index contributed by atoms with van der Waals surface area (Å²) in [6.07, 6.45) is 1.73. The van der Waals surface area contributed by atoms with Gasteiger partial charge in [-0.3, -0.25) is 9.36 Å². The Labute approximate surface area is 148 Å². The van der Waals surface area contributed by atoms with Gasteiger partial charge in [-0.2, -0.15) is 0 Å². The summed E-state index contributed by atoms with van der Waals surface area (Å²) in [5.74, 6) is 0.465. The predicted octanol–water partition coefficient (Wildman–Crippen LogP) is 4.09. The Hall–Kier alpha value is -1.50. The van der Waals surface area contributed by atoms with Crippen molar-refractivity contribution in [1.82, 2.24) is 14.8 Å². The van der Waals surface area contributed by atoms with Crippen molar-refractivity contribution in [3.05, 3.63) is 40.9 Å². The van der Waals surface area contributed by atoms with Gasteiger partial charge in [0.25, 0.3) is 0 Å². The van der Waals surface area contributed by atoms with Crippen molar-refractivity contribution in [2.24, 2.45) is 0 Å². The van der Waals surface area contributed by atoms with E-state index in [2.05, 4.69) is 16.8 Å². The molecule has 0 radical (unpaired) electrons. The molecular weight excluding hydrogens is 357 g/mol. The largest absolute Gasteiger partial charge is 0.465 e. The SMILES string of the molecule is C=CCn1c(SCC(=O)OCC)nnc1-c1ccc(Cl)cc1Cl. The minimum Gasteiger partial charge on any atom is -0.465 e. The van der Waals surface area contributed by atoms with Gasteiger partial charge in [0.05, 0.1) is 17.4 Å². The molecule has 1 heterocycles. The number of carbonyl (C=O) groups excluding carboxylic acids is 1. The van der Waals surface area contributed by atoms with Crippen molar-refractivity contribution in [2.45, 2.75) is 18.6 Å². The van der Waals surface area contributed by atoms with Gasteiger partial charge in [-0.05, 0) is 25.1 Å². The Bertz CT molecular complexity index is 719. The van der Waals surface area contributed by atoms with Crippen molar-refractivity contribution in [2.75, 3.05) is 12.4 Å². The van der Waals surface area contributed by atoms with E-state index in [0.29, 0.717) is 39.7 Å². The molecule has 0 spiro atoms. The smallest absolute Gasteiger partial charge is 0.316 e. The number of rotatable bonds is 7. The monoisotopic (exact) mass is 371 g/mol. The average molecular weight is 372 g/mol. The standard InChI is InChI=1S/C15H15Cl2N3O2S/c1-3-7-20-14(11-6-5-10(16)8-12(11)17)18-19-15(20)23-9-13(21)22-4-2/h3,5-6,8H,1,4,7,9H2,2H3. The molecule has 0 aliphatic heterocycles. The van der Waals surface area contributed by atoms with Gasteiger partial charge in [-0.15, -0.1) is 16.8 Å². The Morgan fingerprint density at radius 2 is 2.22 bits per heavy atom. The first-order valence-electron chi connectivity index (χ1n) is 6.84. The molecule has 0 amide bonds. The highest BCUT2D eigenvalue weighted by atomic mass is 35.5. The summed E-state index contributed by atoms with van der Waals surface area (Å²) in [5, 5.41) is 9.95. The Morgan fingerprint density at radius 3 is 2.87 bits per heavy atom. The summed E-state index contributed by atoms with van der Waals surface area (Å²) in [7, 11) is 0. The maximum atomic E-state index is 11.5. The van der Waals surface area contributed by atoms with Crippen LogP contribution in [0.4, 0.5) is 0 Å². The minimum atomic E-state index is -0.295. The zero-order chi connectivity index (χ0) is 16.8. The van der Waals surface area contributed by atoms with E-state index >= 15 is 0 Å². The van der Waals surface area contributed by atoms with Gasteiger partial charge >= 0.3 is 5.97 Å². The molecule has 0 fully saturated rings. The number of aromatic nitrogens is 3. The number of allylic oxidation sites excluding steroid dienone is 1. The van der Waals surface area contributed by atoms with Crippen LogP contribution < -0.4 is 0 Å². The van der Waals surface area contributed by atoms with Crippen LogP contribution in [0.15, 0.2) is 36.0 Å².